The van der Waals surface area contributed by atoms with Gasteiger partial charge in [0.25, 0.3) is 0 Å². The summed E-state index contributed by atoms with van der Waals surface area (Å²) in [4.78, 5) is 35.8. The van der Waals surface area contributed by atoms with Gasteiger partial charge in [0, 0.05) is 92.3 Å². The molecule has 212 valence electrons. The summed E-state index contributed by atoms with van der Waals surface area (Å²) in [6.07, 6.45) is 7.02. The Morgan fingerprint density at radius 2 is 1.92 bits per heavy atom. The van der Waals surface area contributed by atoms with Crippen LogP contribution in [-0.2, 0) is 38.9 Å². The zero-order valence-corrected chi connectivity index (χ0v) is 24.7. The number of amides is 2. The maximum atomic E-state index is 13.4. The highest BCUT2D eigenvalue weighted by Crippen LogP contribution is 2.32. The lowest BCUT2D eigenvalue weighted by Crippen LogP contribution is -2.39. The molecule has 0 saturated carbocycles. The molecule has 1 saturated heterocycles. The summed E-state index contributed by atoms with van der Waals surface area (Å²) in [5.41, 5.74) is 2.38. The number of imidazole rings is 1. The van der Waals surface area contributed by atoms with Crippen molar-refractivity contribution in [1.82, 2.24) is 24.3 Å². The minimum absolute atomic E-state index is 0. The number of benzene rings is 1. The fourth-order valence-electron chi connectivity index (χ4n) is 5.64. The predicted molar refractivity (Wildman–Crippen MR) is 153 cm³/mol. The van der Waals surface area contributed by atoms with Crippen molar-refractivity contribution in [1.29, 1.82) is 0 Å². The van der Waals surface area contributed by atoms with Gasteiger partial charge >= 0.3 is 0 Å². The van der Waals surface area contributed by atoms with Crippen LogP contribution in [0.4, 0.5) is 0 Å². The molecule has 0 unspecified atom stereocenters. The summed E-state index contributed by atoms with van der Waals surface area (Å²) in [7, 11) is -2.20. The van der Waals surface area contributed by atoms with Gasteiger partial charge in [-0.1, -0.05) is 11.6 Å². The SMILES string of the molecule is CC(=O)N(C)Cc1c(S(=O)(=O)CCC(=O)N2CCC(c3cnc4n3CCCC4)CC2)[nH]c2ccc(Cl)cc12.Cl. The van der Waals surface area contributed by atoms with Crippen LogP contribution in [-0.4, -0.2) is 70.5 Å². The smallest absolute Gasteiger partial charge is 0.223 e. The molecule has 12 heteroatoms. The average molecular weight is 597 g/mol. The van der Waals surface area contributed by atoms with Gasteiger partial charge in [-0.15, -0.1) is 12.4 Å². The number of H-pyrrole nitrogens is 1. The number of rotatable bonds is 7. The molecule has 1 aromatic carbocycles. The van der Waals surface area contributed by atoms with E-state index in [9.17, 15) is 18.0 Å². The summed E-state index contributed by atoms with van der Waals surface area (Å²) in [5.74, 6) is 0.909. The van der Waals surface area contributed by atoms with E-state index in [1.807, 2.05) is 6.20 Å². The number of carbonyl (C=O) groups is 2. The number of nitrogens with one attached hydrogen (secondary N) is 1. The molecule has 0 spiro atoms. The standard InChI is InChI=1S/C27H34ClN5O4S.ClH/c1-18(34)31(2)17-22-21-15-20(28)6-7-23(21)30-27(22)38(36,37)14-10-26(35)32-12-8-19(9-13-32)24-16-29-25-5-3-4-11-33(24)25;/h6-7,15-16,19,30H,3-5,8-14,17H2,1-2H3;1H. The maximum Gasteiger partial charge on any atom is 0.223 e. The molecule has 5 rings (SSSR count). The number of halogens is 2. The number of hydrogen-bond acceptors (Lipinski definition) is 5. The number of likely N-dealkylation sites (tertiary alicyclic amines) is 1. The van der Waals surface area contributed by atoms with Gasteiger partial charge < -0.3 is 19.4 Å². The third-order valence-corrected chi connectivity index (χ3v) is 9.87. The fourth-order valence-corrected chi connectivity index (χ4v) is 7.27. The summed E-state index contributed by atoms with van der Waals surface area (Å²) in [5, 5.41) is 1.17. The molecular weight excluding hydrogens is 561 g/mol. The predicted octanol–water partition coefficient (Wildman–Crippen LogP) is 4.32. The number of aromatic amines is 1. The van der Waals surface area contributed by atoms with Crippen LogP contribution in [0.15, 0.2) is 29.4 Å². The Morgan fingerprint density at radius 3 is 2.64 bits per heavy atom. The van der Waals surface area contributed by atoms with Crippen molar-refractivity contribution in [2.45, 2.75) is 69.5 Å². The van der Waals surface area contributed by atoms with Crippen LogP contribution in [0.5, 0.6) is 0 Å². The van der Waals surface area contributed by atoms with E-state index in [1.54, 1.807) is 30.1 Å². The third-order valence-electron chi connectivity index (χ3n) is 7.92. The van der Waals surface area contributed by atoms with Crippen molar-refractivity contribution in [3.8, 4) is 0 Å². The van der Waals surface area contributed by atoms with Crippen LogP contribution in [0.25, 0.3) is 10.9 Å². The molecule has 0 atom stereocenters. The number of piperidine rings is 1. The molecule has 2 aliphatic rings. The number of nitrogens with zero attached hydrogens (tertiary/aromatic N) is 4. The minimum atomic E-state index is -3.82. The first-order valence-corrected chi connectivity index (χ1v) is 15.2. The molecule has 1 N–H and O–H groups in total. The van der Waals surface area contributed by atoms with E-state index in [1.165, 1.54) is 36.2 Å². The topological polar surface area (TPSA) is 108 Å². The molecule has 2 amide bonds. The fraction of sp³-hybridized carbons (Fsp3) is 0.519. The zero-order valence-electron chi connectivity index (χ0n) is 22.3. The minimum Gasteiger partial charge on any atom is -0.345 e. The largest absolute Gasteiger partial charge is 0.345 e. The molecule has 1 fully saturated rings. The van der Waals surface area contributed by atoms with Crippen molar-refractivity contribution in [2.75, 3.05) is 25.9 Å². The van der Waals surface area contributed by atoms with E-state index in [0.717, 1.165) is 25.8 Å². The first kappa shape index (κ1) is 29.4. The molecule has 4 heterocycles. The first-order chi connectivity index (χ1) is 18.1. The number of fused-ring (bicyclic) bond motifs is 2. The monoisotopic (exact) mass is 595 g/mol. The highest BCUT2D eigenvalue weighted by Gasteiger charge is 2.30. The first-order valence-electron chi connectivity index (χ1n) is 13.2. The normalized spacial score (nSPS) is 16.1. The highest BCUT2D eigenvalue weighted by molar-refractivity contribution is 7.91. The maximum absolute atomic E-state index is 13.4. The van der Waals surface area contributed by atoms with Crippen LogP contribution in [0.1, 0.15) is 62.0 Å². The Morgan fingerprint density at radius 1 is 1.18 bits per heavy atom. The van der Waals surface area contributed by atoms with Crippen molar-refractivity contribution >= 4 is 56.6 Å². The van der Waals surface area contributed by atoms with E-state index in [2.05, 4.69) is 14.5 Å². The van der Waals surface area contributed by atoms with Crippen LogP contribution in [0.2, 0.25) is 5.02 Å². The second kappa shape index (κ2) is 11.9. The van der Waals surface area contributed by atoms with E-state index in [0.29, 0.717) is 40.5 Å². The Bertz CT molecular complexity index is 1470. The highest BCUT2D eigenvalue weighted by atomic mass is 35.5. The molecule has 3 aromatic rings. The van der Waals surface area contributed by atoms with Crippen molar-refractivity contribution < 1.29 is 18.0 Å². The van der Waals surface area contributed by atoms with Gasteiger partial charge in [0.1, 0.15) is 10.9 Å². The molecule has 2 aromatic heterocycles. The van der Waals surface area contributed by atoms with Crippen molar-refractivity contribution in [3.63, 3.8) is 0 Å². The van der Waals surface area contributed by atoms with Gasteiger partial charge in [-0.3, -0.25) is 9.59 Å². The number of carbonyl (C=O) groups excluding carboxylic acids is 2. The second-order valence-electron chi connectivity index (χ2n) is 10.4. The lowest BCUT2D eigenvalue weighted by atomic mass is 9.93. The van der Waals surface area contributed by atoms with Gasteiger partial charge in [-0.2, -0.15) is 0 Å². The van der Waals surface area contributed by atoms with Crippen LogP contribution < -0.4 is 0 Å². The van der Waals surface area contributed by atoms with Crippen LogP contribution in [0, 0.1) is 0 Å². The van der Waals surface area contributed by atoms with E-state index in [4.69, 9.17) is 11.6 Å². The quantitative estimate of drug-likeness (QED) is 0.437. The summed E-state index contributed by atoms with van der Waals surface area (Å²) < 4.78 is 29.2. The average Bonchev–Trinajstić information content (AvgIpc) is 3.49. The van der Waals surface area contributed by atoms with E-state index >= 15 is 0 Å². The zero-order chi connectivity index (χ0) is 27.0. The Hall–Kier alpha value is -2.56. The number of sulfone groups is 1. The number of aromatic nitrogens is 3. The Labute approximate surface area is 240 Å². The molecular formula is C27H35Cl2N5O4S. The molecule has 39 heavy (non-hydrogen) atoms. The molecule has 0 aliphatic carbocycles. The van der Waals surface area contributed by atoms with E-state index in [-0.39, 0.29) is 48.0 Å². The summed E-state index contributed by atoms with van der Waals surface area (Å²) in [6, 6.07) is 5.10. The lowest BCUT2D eigenvalue weighted by molar-refractivity contribution is -0.132. The van der Waals surface area contributed by atoms with E-state index < -0.39 is 9.84 Å². The molecule has 0 radical (unpaired) electrons. The molecule has 0 bridgehead atoms. The summed E-state index contributed by atoms with van der Waals surface area (Å²) in [6.45, 7) is 3.79. The van der Waals surface area contributed by atoms with Crippen molar-refractivity contribution in [3.05, 3.63) is 46.5 Å². The van der Waals surface area contributed by atoms with Gasteiger partial charge in [0.15, 0.2) is 9.84 Å². The third kappa shape index (κ3) is 6.12. The lowest BCUT2D eigenvalue weighted by Gasteiger charge is -2.33. The summed E-state index contributed by atoms with van der Waals surface area (Å²) >= 11 is 6.18. The van der Waals surface area contributed by atoms with Gasteiger partial charge in [0.05, 0.1) is 5.75 Å². The molecule has 9 nitrogen and oxygen atoms in total. The van der Waals surface area contributed by atoms with Gasteiger partial charge in [0.2, 0.25) is 11.8 Å². The second-order valence-corrected chi connectivity index (χ2v) is 12.9. The van der Waals surface area contributed by atoms with Gasteiger partial charge in [-0.25, -0.2) is 13.4 Å². The molecule has 2 aliphatic heterocycles. The van der Waals surface area contributed by atoms with Crippen LogP contribution in [0.3, 0.4) is 0 Å². The number of hydrogen-bond donors (Lipinski definition) is 1. The van der Waals surface area contributed by atoms with Crippen LogP contribution >= 0.6 is 24.0 Å². The van der Waals surface area contributed by atoms with Crippen molar-refractivity contribution in [2.24, 2.45) is 0 Å². The Kier molecular flexibility index (Phi) is 8.98. The number of aryl methyl sites for hydroxylation is 1. The van der Waals surface area contributed by atoms with Gasteiger partial charge in [-0.05, 0) is 43.9 Å². The Balaban J connectivity index is 0.00000353.